The molecular formula is C33H47N3O9. The molecule has 0 spiro atoms. The minimum Gasteiger partial charge on any atom is -0.481 e. The van der Waals surface area contributed by atoms with E-state index in [0.29, 0.717) is 32.4 Å². The zero-order chi connectivity index (χ0) is 33.3. The number of unbranched alkanes of at least 4 members (excludes halogenated alkanes) is 1. The second kappa shape index (κ2) is 16.4. The second-order valence-electron chi connectivity index (χ2n) is 12.7. The number of carboxylic acids is 1. The lowest BCUT2D eigenvalue weighted by molar-refractivity contribution is -0.149. The number of carbonyl (C=O) groups excluding carboxylic acids is 5. The summed E-state index contributed by atoms with van der Waals surface area (Å²) in [6.07, 6.45) is 0.516. The molecule has 1 fully saturated rings. The standard InChI is InChI=1S/C33H47N3O9/c1-19(2)28(35-31(41)29(20(3)4)34-26(37)12-8-9-13-27(38)39)30(40)24-16-23(17-25(24)32(42)44-5)45-33(43)36-15-14-21-10-6-7-11-22(21)18-36/h6-7,10-11,19-20,23-25,28-29H,8-9,12-18H2,1-5H3,(H,34,37)(H,35,41)(H,38,39)/t23-,24?,25+,28-,29-/m0/s1. The Morgan fingerprint density at radius 1 is 0.889 bits per heavy atom. The van der Waals surface area contributed by atoms with Gasteiger partial charge >= 0.3 is 18.0 Å². The number of aliphatic carboxylic acids is 1. The molecule has 12 nitrogen and oxygen atoms in total. The molecule has 3 N–H and O–H groups in total. The van der Waals surface area contributed by atoms with Gasteiger partial charge in [-0.25, -0.2) is 4.79 Å². The lowest BCUT2D eigenvalue weighted by atomic mass is 9.84. The van der Waals surface area contributed by atoms with E-state index in [1.165, 1.54) is 12.7 Å². The molecule has 0 bridgehead atoms. The van der Waals surface area contributed by atoms with Crippen LogP contribution in [-0.2, 0) is 46.4 Å². The van der Waals surface area contributed by atoms with Gasteiger partial charge in [-0.3, -0.25) is 24.0 Å². The molecule has 12 heteroatoms. The summed E-state index contributed by atoms with van der Waals surface area (Å²) in [7, 11) is 1.24. The number of fused-ring (bicyclic) bond motifs is 1. The van der Waals surface area contributed by atoms with E-state index in [0.717, 1.165) is 5.56 Å². The Labute approximate surface area is 264 Å². The summed E-state index contributed by atoms with van der Waals surface area (Å²) >= 11 is 0. The third-order valence-electron chi connectivity index (χ3n) is 8.63. The molecule has 0 radical (unpaired) electrons. The minimum atomic E-state index is -0.962. The summed E-state index contributed by atoms with van der Waals surface area (Å²) in [5.41, 5.74) is 2.24. The number of benzene rings is 1. The average Bonchev–Trinajstić information content (AvgIpc) is 3.42. The van der Waals surface area contributed by atoms with Gasteiger partial charge in [0.15, 0.2) is 5.78 Å². The molecule has 248 valence electrons. The first kappa shape index (κ1) is 35.5. The normalized spacial score (nSPS) is 20.6. The smallest absolute Gasteiger partial charge is 0.410 e. The number of amides is 3. The van der Waals surface area contributed by atoms with Crippen molar-refractivity contribution in [2.75, 3.05) is 13.7 Å². The average molecular weight is 630 g/mol. The number of hydrogen-bond acceptors (Lipinski definition) is 8. The van der Waals surface area contributed by atoms with E-state index in [1.54, 1.807) is 32.6 Å². The molecule has 45 heavy (non-hydrogen) atoms. The summed E-state index contributed by atoms with van der Waals surface area (Å²) < 4.78 is 10.8. The van der Waals surface area contributed by atoms with E-state index in [2.05, 4.69) is 10.6 Å². The number of hydrogen-bond donors (Lipinski definition) is 3. The van der Waals surface area contributed by atoms with Gasteiger partial charge in [-0.15, -0.1) is 0 Å². The molecule has 5 atom stereocenters. The largest absolute Gasteiger partial charge is 0.481 e. The number of ether oxygens (including phenoxy) is 2. The van der Waals surface area contributed by atoms with E-state index in [-0.39, 0.29) is 49.2 Å². The van der Waals surface area contributed by atoms with Crippen molar-refractivity contribution in [2.24, 2.45) is 23.7 Å². The van der Waals surface area contributed by atoms with Gasteiger partial charge in [0.1, 0.15) is 12.1 Å². The van der Waals surface area contributed by atoms with E-state index < -0.39 is 54.0 Å². The molecule has 1 aromatic rings. The highest BCUT2D eigenvalue weighted by atomic mass is 16.6. The molecular weight excluding hydrogens is 582 g/mol. The molecule has 3 amide bonds. The number of nitrogens with zero attached hydrogens (tertiary/aromatic N) is 1. The number of Topliss-reactive ketones (excluding diaryl/α,β-unsaturated/α-hetero) is 1. The first-order valence-corrected chi connectivity index (χ1v) is 15.8. The summed E-state index contributed by atoms with van der Waals surface area (Å²) in [5.74, 6) is -5.11. The molecule has 1 aliphatic heterocycles. The van der Waals surface area contributed by atoms with Crippen molar-refractivity contribution < 1.29 is 43.3 Å². The Bertz CT molecular complexity index is 1250. The van der Waals surface area contributed by atoms with Crippen molar-refractivity contribution in [3.05, 3.63) is 35.4 Å². The van der Waals surface area contributed by atoms with Gasteiger partial charge in [0, 0.05) is 31.8 Å². The van der Waals surface area contributed by atoms with Gasteiger partial charge in [0.25, 0.3) is 0 Å². The van der Waals surface area contributed by atoms with Crippen LogP contribution >= 0.6 is 0 Å². The van der Waals surface area contributed by atoms with Gasteiger partial charge < -0.3 is 30.1 Å². The molecule has 0 saturated heterocycles. The molecule has 1 unspecified atom stereocenters. The van der Waals surface area contributed by atoms with Crippen LogP contribution in [0.1, 0.15) is 77.3 Å². The summed E-state index contributed by atoms with van der Waals surface area (Å²) in [5, 5.41) is 14.3. The van der Waals surface area contributed by atoms with E-state index in [9.17, 15) is 28.8 Å². The Balaban J connectivity index is 1.66. The van der Waals surface area contributed by atoms with Crippen LogP contribution in [-0.4, -0.2) is 77.5 Å². The third kappa shape index (κ3) is 9.76. The lowest BCUT2D eigenvalue weighted by Gasteiger charge is -2.30. The highest BCUT2D eigenvalue weighted by molar-refractivity contribution is 5.96. The van der Waals surface area contributed by atoms with Crippen LogP contribution in [0.3, 0.4) is 0 Å². The first-order chi connectivity index (χ1) is 21.3. The number of ketones is 1. The van der Waals surface area contributed by atoms with Crippen LogP contribution in [0.4, 0.5) is 4.79 Å². The predicted molar refractivity (Wildman–Crippen MR) is 164 cm³/mol. The topological polar surface area (TPSA) is 168 Å². The van der Waals surface area contributed by atoms with Crippen LogP contribution in [0.5, 0.6) is 0 Å². The number of carbonyl (C=O) groups is 6. The van der Waals surface area contributed by atoms with Crippen molar-refractivity contribution in [2.45, 2.75) is 97.4 Å². The predicted octanol–water partition coefficient (Wildman–Crippen LogP) is 3.24. The van der Waals surface area contributed by atoms with Crippen LogP contribution in [0.2, 0.25) is 0 Å². The molecule has 1 saturated carbocycles. The first-order valence-electron chi connectivity index (χ1n) is 15.8. The summed E-state index contributed by atoms with van der Waals surface area (Å²) in [6.45, 7) is 8.02. The fourth-order valence-corrected chi connectivity index (χ4v) is 6.06. The van der Waals surface area contributed by atoms with Crippen LogP contribution in [0.25, 0.3) is 0 Å². The van der Waals surface area contributed by atoms with E-state index in [1.807, 2.05) is 24.3 Å². The fraction of sp³-hybridized carbons (Fsp3) is 0.636. The number of methoxy groups -OCH3 is 1. The van der Waals surface area contributed by atoms with Crippen molar-refractivity contribution >= 4 is 35.6 Å². The summed E-state index contributed by atoms with van der Waals surface area (Å²) in [4.78, 5) is 78.1. The Morgan fingerprint density at radius 3 is 2.13 bits per heavy atom. The van der Waals surface area contributed by atoms with Crippen molar-refractivity contribution in [3.8, 4) is 0 Å². The number of carboxylic acid groups (broad SMARTS) is 1. The number of nitrogens with one attached hydrogen (secondary N) is 2. The Kier molecular flexibility index (Phi) is 12.9. The van der Waals surface area contributed by atoms with Gasteiger partial charge in [0.05, 0.1) is 19.1 Å². The quantitative estimate of drug-likeness (QED) is 0.207. The van der Waals surface area contributed by atoms with Gasteiger partial charge in [-0.1, -0.05) is 52.0 Å². The van der Waals surface area contributed by atoms with Gasteiger partial charge in [-0.2, -0.15) is 0 Å². The van der Waals surface area contributed by atoms with Crippen LogP contribution < -0.4 is 10.6 Å². The maximum atomic E-state index is 14.0. The fourth-order valence-electron chi connectivity index (χ4n) is 6.06. The van der Waals surface area contributed by atoms with Crippen LogP contribution in [0.15, 0.2) is 24.3 Å². The molecule has 3 rings (SSSR count). The monoisotopic (exact) mass is 629 g/mol. The third-order valence-corrected chi connectivity index (χ3v) is 8.63. The molecule has 0 aromatic heterocycles. The molecule has 1 heterocycles. The SMILES string of the molecule is COC(=O)[C@@H]1C[C@@H](OC(=O)N2CCc3ccccc3C2)CC1C(=O)[C@@H](NC(=O)[C@@H](NC(=O)CCCCC(=O)O)C(C)C)C(C)C. The van der Waals surface area contributed by atoms with E-state index >= 15 is 0 Å². The van der Waals surface area contributed by atoms with Gasteiger partial charge in [0.2, 0.25) is 11.8 Å². The number of esters is 1. The van der Waals surface area contributed by atoms with Gasteiger partial charge in [-0.05, 0) is 55.1 Å². The molecule has 1 aliphatic carbocycles. The van der Waals surface area contributed by atoms with Crippen molar-refractivity contribution in [1.29, 1.82) is 0 Å². The maximum Gasteiger partial charge on any atom is 0.410 e. The number of rotatable bonds is 14. The Hall–Kier alpha value is -3.96. The minimum absolute atomic E-state index is 0.0415. The second-order valence-corrected chi connectivity index (χ2v) is 12.7. The highest BCUT2D eigenvalue weighted by Gasteiger charge is 2.48. The molecule has 2 aliphatic rings. The Morgan fingerprint density at radius 2 is 1.51 bits per heavy atom. The highest BCUT2D eigenvalue weighted by Crippen LogP contribution is 2.37. The molecule has 1 aromatic carbocycles. The lowest BCUT2D eigenvalue weighted by Crippen LogP contribution is -2.56. The van der Waals surface area contributed by atoms with Crippen molar-refractivity contribution in [3.63, 3.8) is 0 Å². The zero-order valence-corrected chi connectivity index (χ0v) is 26.9. The van der Waals surface area contributed by atoms with Crippen molar-refractivity contribution in [1.82, 2.24) is 15.5 Å². The maximum absolute atomic E-state index is 14.0. The van der Waals surface area contributed by atoms with Crippen LogP contribution in [0, 0.1) is 23.7 Å². The summed E-state index contributed by atoms with van der Waals surface area (Å²) in [6, 6.07) is 6.03. The zero-order valence-electron chi connectivity index (χ0n) is 26.9. The van der Waals surface area contributed by atoms with E-state index in [4.69, 9.17) is 14.6 Å².